The molecule has 1 atom stereocenters. The molecular weight excluding hydrogens is 328 g/mol. The van der Waals surface area contributed by atoms with Crippen LogP contribution in [0.1, 0.15) is 32.4 Å². The highest BCUT2D eigenvalue weighted by Gasteiger charge is 2.37. The van der Waals surface area contributed by atoms with Gasteiger partial charge in [0.2, 0.25) is 5.96 Å². The maximum absolute atomic E-state index is 12.8. The number of aliphatic imine (C=N–C) groups is 1. The largest absolute Gasteiger partial charge is 0.463 e. The van der Waals surface area contributed by atoms with E-state index < -0.39 is 12.0 Å². The molecule has 0 radical (unpaired) electrons. The van der Waals surface area contributed by atoms with Gasteiger partial charge in [-0.2, -0.15) is 0 Å². The standard InChI is InChI=1S/C20H24N4O2/c1-4-26-19(25)16-17(12(2)3)23-20(21)24(22)18(16)15-11-7-9-13-8-5-6-10-14(13)15/h5-12,18H,4,22H2,1-3H3,(H2,21,23). The Labute approximate surface area is 153 Å². The number of hydrazine groups is 1. The highest BCUT2D eigenvalue weighted by molar-refractivity contribution is 5.97. The number of nitrogens with two attached hydrogens (primary N) is 2. The summed E-state index contributed by atoms with van der Waals surface area (Å²) in [6.07, 6.45) is 0. The topological polar surface area (TPSA) is 93.9 Å². The molecule has 0 amide bonds. The Kier molecular flexibility index (Phi) is 4.95. The lowest BCUT2D eigenvalue weighted by Crippen LogP contribution is -2.49. The Morgan fingerprint density at radius 1 is 1.23 bits per heavy atom. The molecule has 136 valence electrons. The summed E-state index contributed by atoms with van der Waals surface area (Å²) in [6, 6.07) is 13.4. The predicted octanol–water partition coefficient (Wildman–Crippen LogP) is 2.86. The van der Waals surface area contributed by atoms with Gasteiger partial charge < -0.3 is 10.5 Å². The van der Waals surface area contributed by atoms with Crippen LogP contribution in [-0.2, 0) is 9.53 Å². The Morgan fingerprint density at radius 2 is 1.92 bits per heavy atom. The van der Waals surface area contributed by atoms with Gasteiger partial charge in [-0.1, -0.05) is 56.3 Å². The van der Waals surface area contributed by atoms with Crippen molar-refractivity contribution in [3.05, 3.63) is 59.3 Å². The monoisotopic (exact) mass is 352 g/mol. The zero-order chi connectivity index (χ0) is 18.8. The number of ether oxygens (including phenoxy) is 1. The van der Waals surface area contributed by atoms with Crippen molar-refractivity contribution >= 4 is 22.7 Å². The van der Waals surface area contributed by atoms with Crippen LogP contribution < -0.4 is 11.6 Å². The Morgan fingerprint density at radius 3 is 2.62 bits per heavy atom. The third-order valence-corrected chi connectivity index (χ3v) is 4.49. The summed E-state index contributed by atoms with van der Waals surface area (Å²) in [5, 5.41) is 3.42. The van der Waals surface area contributed by atoms with Crippen LogP contribution in [0.4, 0.5) is 0 Å². The number of guanidine groups is 1. The quantitative estimate of drug-likeness (QED) is 0.652. The van der Waals surface area contributed by atoms with Crippen molar-refractivity contribution < 1.29 is 9.53 Å². The first-order valence-electron chi connectivity index (χ1n) is 8.72. The number of carbonyl (C=O) groups is 1. The molecule has 0 saturated carbocycles. The van der Waals surface area contributed by atoms with Crippen LogP contribution in [-0.4, -0.2) is 23.5 Å². The fraction of sp³-hybridized carbons (Fsp3) is 0.300. The van der Waals surface area contributed by atoms with E-state index >= 15 is 0 Å². The van der Waals surface area contributed by atoms with Crippen molar-refractivity contribution in [2.75, 3.05) is 6.61 Å². The first kappa shape index (κ1) is 17.9. The third-order valence-electron chi connectivity index (χ3n) is 4.49. The van der Waals surface area contributed by atoms with Gasteiger partial charge in [0.1, 0.15) is 6.04 Å². The molecule has 1 aliphatic heterocycles. The molecule has 0 fully saturated rings. The van der Waals surface area contributed by atoms with Gasteiger partial charge in [0, 0.05) is 0 Å². The first-order chi connectivity index (χ1) is 12.5. The number of nitrogens with zero attached hydrogens (tertiary/aromatic N) is 2. The van der Waals surface area contributed by atoms with Crippen molar-refractivity contribution in [2.45, 2.75) is 26.8 Å². The molecule has 0 saturated heterocycles. The lowest BCUT2D eigenvalue weighted by atomic mass is 9.89. The molecule has 1 unspecified atom stereocenters. The van der Waals surface area contributed by atoms with Crippen molar-refractivity contribution in [2.24, 2.45) is 22.5 Å². The maximum Gasteiger partial charge on any atom is 0.338 e. The van der Waals surface area contributed by atoms with Crippen LogP contribution in [0.5, 0.6) is 0 Å². The number of hydrogen-bond acceptors (Lipinski definition) is 6. The second-order valence-electron chi connectivity index (χ2n) is 6.52. The Balaban J connectivity index is 2.28. The van der Waals surface area contributed by atoms with E-state index in [9.17, 15) is 4.79 Å². The van der Waals surface area contributed by atoms with Crippen LogP contribution >= 0.6 is 0 Å². The summed E-state index contributed by atoms with van der Waals surface area (Å²) in [5.74, 6) is 6.03. The van der Waals surface area contributed by atoms with E-state index in [1.807, 2.05) is 56.3 Å². The Hall–Kier alpha value is -2.86. The molecule has 6 heteroatoms. The summed E-state index contributed by atoms with van der Waals surface area (Å²) in [4.78, 5) is 17.2. The normalized spacial score (nSPS) is 17.7. The zero-order valence-corrected chi connectivity index (χ0v) is 15.3. The molecule has 0 spiro atoms. The molecule has 26 heavy (non-hydrogen) atoms. The van der Waals surface area contributed by atoms with E-state index in [1.54, 1.807) is 6.92 Å². The average molecular weight is 352 g/mol. The number of rotatable bonds is 4. The minimum atomic E-state index is -0.560. The number of carbonyl (C=O) groups excluding carboxylic acids is 1. The predicted molar refractivity (Wildman–Crippen MR) is 103 cm³/mol. The highest BCUT2D eigenvalue weighted by atomic mass is 16.5. The number of hydrogen-bond donors (Lipinski definition) is 2. The summed E-state index contributed by atoms with van der Waals surface area (Å²) in [5.41, 5.74) is 8.02. The minimum absolute atomic E-state index is 0.000803. The van der Waals surface area contributed by atoms with Gasteiger partial charge in [0.15, 0.2) is 0 Å². The van der Waals surface area contributed by atoms with E-state index in [4.69, 9.17) is 16.3 Å². The van der Waals surface area contributed by atoms with Gasteiger partial charge in [-0.3, -0.25) is 5.01 Å². The van der Waals surface area contributed by atoms with E-state index in [0.717, 1.165) is 16.3 Å². The summed E-state index contributed by atoms with van der Waals surface area (Å²) in [6.45, 7) is 6.00. The zero-order valence-electron chi connectivity index (χ0n) is 15.3. The Bertz CT molecular complexity index is 896. The lowest BCUT2D eigenvalue weighted by molar-refractivity contribution is -0.139. The molecule has 1 aliphatic rings. The molecule has 0 aromatic heterocycles. The molecular formula is C20H24N4O2. The second-order valence-corrected chi connectivity index (χ2v) is 6.52. The SMILES string of the molecule is CCOC(=O)C1=C(C(C)C)N=C(N)N(N)C1c1cccc2ccccc12. The maximum atomic E-state index is 12.8. The van der Waals surface area contributed by atoms with E-state index in [2.05, 4.69) is 4.99 Å². The van der Waals surface area contributed by atoms with Crippen molar-refractivity contribution in [1.82, 2.24) is 5.01 Å². The lowest BCUT2D eigenvalue weighted by Gasteiger charge is -2.35. The summed E-state index contributed by atoms with van der Waals surface area (Å²) >= 11 is 0. The van der Waals surface area contributed by atoms with E-state index in [-0.39, 0.29) is 18.5 Å². The summed E-state index contributed by atoms with van der Waals surface area (Å²) in [7, 11) is 0. The minimum Gasteiger partial charge on any atom is -0.463 e. The molecule has 0 aliphatic carbocycles. The van der Waals surface area contributed by atoms with Gasteiger partial charge in [-0.05, 0) is 29.2 Å². The molecule has 2 aromatic rings. The van der Waals surface area contributed by atoms with Gasteiger partial charge in [-0.25, -0.2) is 15.6 Å². The highest BCUT2D eigenvalue weighted by Crippen LogP contribution is 2.38. The number of esters is 1. The molecule has 6 nitrogen and oxygen atoms in total. The molecule has 2 aromatic carbocycles. The molecule has 1 heterocycles. The van der Waals surface area contributed by atoms with E-state index in [0.29, 0.717) is 11.3 Å². The van der Waals surface area contributed by atoms with Crippen molar-refractivity contribution in [3.63, 3.8) is 0 Å². The van der Waals surface area contributed by atoms with Crippen LogP contribution in [0.3, 0.4) is 0 Å². The molecule has 0 bridgehead atoms. The van der Waals surface area contributed by atoms with Crippen LogP contribution in [0.25, 0.3) is 10.8 Å². The molecule has 3 rings (SSSR count). The number of fused-ring (bicyclic) bond motifs is 1. The summed E-state index contributed by atoms with van der Waals surface area (Å²) < 4.78 is 5.32. The van der Waals surface area contributed by atoms with Crippen molar-refractivity contribution in [1.29, 1.82) is 0 Å². The fourth-order valence-electron chi connectivity index (χ4n) is 3.31. The van der Waals surface area contributed by atoms with Gasteiger partial charge in [0.25, 0.3) is 0 Å². The van der Waals surface area contributed by atoms with E-state index in [1.165, 1.54) is 5.01 Å². The second kappa shape index (κ2) is 7.17. The fourth-order valence-corrected chi connectivity index (χ4v) is 3.31. The van der Waals surface area contributed by atoms with Crippen LogP contribution in [0.15, 0.2) is 58.7 Å². The molecule has 4 N–H and O–H groups in total. The average Bonchev–Trinajstić information content (AvgIpc) is 2.63. The van der Waals surface area contributed by atoms with Crippen LogP contribution in [0, 0.1) is 5.92 Å². The third kappa shape index (κ3) is 3.04. The van der Waals surface area contributed by atoms with Gasteiger partial charge in [-0.15, -0.1) is 0 Å². The van der Waals surface area contributed by atoms with Gasteiger partial charge >= 0.3 is 5.97 Å². The van der Waals surface area contributed by atoms with Crippen molar-refractivity contribution in [3.8, 4) is 0 Å². The smallest absolute Gasteiger partial charge is 0.338 e. The number of benzene rings is 2. The van der Waals surface area contributed by atoms with Gasteiger partial charge in [0.05, 0.1) is 17.9 Å². The van der Waals surface area contributed by atoms with Crippen LogP contribution in [0.2, 0.25) is 0 Å². The first-order valence-corrected chi connectivity index (χ1v) is 8.72. The number of allylic oxidation sites excluding steroid dienone is 1.